The second-order valence-electron chi connectivity index (χ2n) is 3.27. The highest BCUT2D eigenvalue weighted by Gasteiger charge is 2.07. The van der Waals surface area contributed by atoms with Crippen molar-refractivity contribution in [3.05, 3.63) is 42.1 Å². The number of nitrogen functional groups attached to an aromatic ring is 2. The first kappa shape index (κ1) is 10.1. The summed E-state index contributed by atoms with van der Waals surface area (Å²) in [4.78, 5) is 8.23. The fourth-order valence-electron chi connectivity index (χ4n) is 1.33. The zero-order valence-corrected chi connectivity index (χ0v) is 8.51. The lowest BCUT2D eigenvalue weighted by atomic mass is 10.2. The maximum Gasteiger partial charge on any atom is 0.161 e. The van der Waals surface area contributed by atoms with E-state index in [2.05, 4.69) is 9.97 Å². The molecule has 0 aliphatic carbocycles. The third-order valence-corrected chi connectivity index (χ3v) is 2.14. The summed E-state index contributed by atoms with van der Waals surface area (Å²) in [5, 5.41) is 7.27. The molecule has 16 heavy (non-hydrogen) atoms. The van der Waals surface area contributed by atoms with Gasteiger partial charge in [0.1, 0.15) is 11.7 Å². The van der Waals surface area contributed by atoms with E-state index < -0.39 is 0 Å². The number of amidine groups is 1. The largest absolute Gasteiger partial charge is 0.384 e. The standard InChI is InChI=1S/C11H11N5/c12-9(13)8-6-15-11(16-10(8)14)7-4-2-1-3-5-7/h1-6H,(H3,12,13)(H2,14,15,16). The molecule has 1 aromatic heterocycles. The van der Waals surface area contributed by atoms with Gasteiger partial charge in [-0.2, -0.15) is 0 Å². The molecule has 1 aromatic carbocycles. The van der Waals surface area contributed by atoms with Gasteiger partial charge in [0.15, 0.2) is 5.82 Å². The summed E-state index contributed by atoms with van der Waals surface area (Å²) in [7, 11) is 0. The molecule has 2 rings (SSSR count). The number of hydrogen-bond donors (Lipinski definition) is 3. The average molecular weight is 213 g/mol. The van der Waals surface area contributed by atoms with Crippen molar-refractivity contribution in [3.8, 4) is 11.4 Å². The fraction of sp³-hybridized carbons (Fsp3) is 0. The Kier molecular flexibility index (Phi) is 2.51. The quantitative estimate of drug-likeness (QED) is 0.511. The van der Waals surface area contributed by atoms with Crippen LogP contribution in [-0.2, 0) is 0 Å². The molecule has 0 spiro atoms. The Balaban J connectivity index is 2.46. The van der Waals surface area contributed by atoms with Crippen LogP contribution in [0.4, 0.5) is 5.82 Å². The zero-order chi connectivity index (χ0) is 11.5. The first-order chi connectivity index (χ1) is 7.68. The molecular formula is C11H11N5. The summed E-state index contributed by atoms with van der Waals surface area (Å²) in [5.41, 5.74) is 12.3. The van der Waals surface area contributed by atoms with Gasteiger partial charge in [0.25, 0.3) is 0 Å². The number of hydrogen-bond acceptors (Lipinski definition) is 4. The molecule has 0 saturated heterocycles. The molecule has 0 unspecified atom stereocenters. The van der Waals surface area contributed by atoms with Crippen molar-refractivity contribution >= 4 is 11.7 Å². The van der Waals surface area contributed by atoms with E-state index in [-0.39, 0.29) is 11.7 Å². The van der Waals surface area contributed by atoms with E-state index in [0.29, 0.717) is 11.4 Å². The zero-order valence-electron chi connectivity index (χ0n) is 8.51. The summed E-state index contributed by atoms with van der Waals surface area (Å²) in [6, 6.07) is 9.49. The highest BCUT2D eigenvalue weighted by molar-refractivity contribution is 5.98. The number of benzene rings is 1. The average Bonchev–Trinajstić information content (AvgIpc) is 2.29. The monoisotopic (exact) mass is 213 g/mol. The second kappa shape index (κ2) is 3.98. The Labute approximate surface area is 92.7 Å². The third kappa shape index (κ3) is 1.83. The topological polar surface area (TPSA) is 102 Å². The SMILES string of the molecule is N=C(N)c1cnc(-c2ccccc2)nc1N. The van der Waals surface area contributed by atoms with Gasteiger partial charge in [0.2, 0.25) is 0 Å². The molecule has 0 saturated carbocycles. The molecule has 0 amide bonds. The summed E-state index contributed by atoms with van der Waals surface area (Å²) >= 11 is 0. The van der Waals surface area contributed by atoms with Gasteiger partial charge in [0, 0.05) is 11.8 Å². The van der Waals surface area contributed by atoms with Crippen LogP contribution in [0.25, 0.3) is 11.4 Å². The molecular weight excluding hydrogens is 202 g/mol. The van der Waals surface area contributed by atoms with E-state index >= 15 is 0 Å². The van der Waals surface area contributed by atoms with E-state index in [1.165, 1.54) is 6.20 Å². The van der Waals surface area contributed by atoms with E-state index in [0.717, 1.165) is 5.56 Å². The van der Waals surface area contributed by atoms with Crippen LogP contribution < -0.4 is 11.5 Å². The highest BCUT2D eigenvalue weighted by atomic mass is 15.0. The van der Waals surface area contributed by atoms with Crippen LogP contribution in [0.1, 0.15) is 5.56 Å². The van der Waals surface area contributed by atoms with Gasteiger partial charge in [-0.3, -0.25) is 5.41 Å². The first-order valence-corrected chi connectivity index (χ1v) is 4.71. The number of nitrogens with zero attached hydrogens (tertiary/aromatic N) is 2. The van der Waals surface area contributed by atoms with Crippen molar-refractivity contribution in [2.75, 3.05) is 5.73 Å². The van der Waals surface area contributed by atoms with Crippen molar-refractivity contribution in [3.63, 3.8) is 0 Å². The summed E-state index contributed by atoms with van der Waals surface area (Å²) in [5.74, 6) is 0.626. The number of nitrogens with two attached hydrogens (primary N) is 2. The summed E-state index contributed by atoms with van der Waals surface area (Å²) in [6.07, 6.45) is 1.47. The molecule has 0 aliphatic heterocycles. The molecule has 0 aliphatic rings. The Morgan fingerprint density at radius 3 is 2.44 bits per heavy atom. The molecule has 5 heteroatoms. The summed E-state index contributed by atoms with van der Waals surface area (Å²) < 4.78 is 0. The number of aromatic nitrogens is 2. The van der Waals surface area contributed by atoms with E-state index in [4.69, 9.17) is 16.9 Å². The summed E-state index contributed by atoms with van der Waals surface area (Å²) in [6.45, 7) is 0. The molecule has 1 heterocycles. The van der Waals surface area contributed by atoms with Crippen LogP contribution in [0.5, 0.6) is 0 Å². The van der Waals surface area contributed by atoms with Crippen LogP contribution in [0.2, 0.25) is 0 Å². The van der Waals surface area contributed by atoms with Gasteiger partial charge in [0.05, 0.1) is 5.56 Å². The van der Waals surface area contributed by atoms with Crippen LogP contribution >= 0.6 is 0 Å². The van der Waals surface area contributed by atoms with Crippen molar-refractivity contribution in [1.82, 2.24) is 9.97 Å². The molecule has 0 bridgehead atoms. The van der Waals surface area contributed by atoms with Gasteiger partial charge < -0.3 is 11.5 Å². The molecule has 5 N–H and O–H groups in total. The molecule has 0 radical (unpaired) electrons. The molecule has 5 nitrogen and oxygen atoms in total. The highest BCUT2D eigenvalue weighted by Crippen LogP contribution is 2.16. The number of rotatable bonds is 2. The Morgan fingerprint density at radius 1 is 1.19 bits per heavy atom. The lowest BCUT2D eigenvalue weighted by Gasteiger charge is -2.04. The minimum Gasteiger partial charge on any atom is -0.384 e. The minimum absolute atomic E-state index is 0.128. The van der Waals surface area contributed by atoms with Gasteiger partial charge in [-0.25, -0.2) is 9.97 Å². The maximum absolute atomic E-state index is 7.27. The maximum atomic E-state index is 7.27. The van der Waals surface area contributed by atoms with Gasteiger partial charge in [-0.05, 0) is 0 Å². The lowest BCUT2D eigenvalue weighted by molar-refractivity contribution is 1.17. The predicted octanol–water partition coefficient (Wildman–Crippen LogP) is 1.01. The second-order valence-corrected chi connectivity index (χ2v) is 3.27. The number of nitrogens with one attached hydrogen (secondary N) is 1. The Morgan fingerprint density at radius 2 is 1.88 bits per heavy atom. The Hall–Kier alpha value is -2.43. The van der Waals surface area contributed by atoms with Gasteiger partial charge >= 0.3 is 0 Å². The normalized spacial score (nSPS) is 10.0. The van der Waals surface area contributed by atoms with Crippen LogP contribution in [-0.4, -0.2) is 15.8 Å². The Bertz CT molecular complexity index is 521. The van der Waals surface area contributed by atoms with Crippen molar-refractivity contribution in [2.45, 2.75) is 0 Å². The fourth-order valence-corrected chi connectivity index (χ4v) is 1.33. The van der Waals surface area contributed by atoms with Gasteiger partial charge in [-0.15, -0.1) is 0 Å². The van der Waals surface area contributed by atoms with E-state index in [1.54, 1.807) is 0 Å². The van der Waals surface area contributed by atoms with Crippen molar-refractivity contribution in [1.29, 1.82) is 5.41 Å². The molecule has 2 aromatic rings. The van der Waals surface area contributed by atoms with Gasteiger partial charge in [-0.1, -0.05) is 30.3 Å². The van der Waals surface area contributed by atoms with Crippen molar-refractivity contribution in [2.24, 2.45) is 5.73 Å². The lowest BCUT2D eigenvalue weighted by Crippen LogP contribution is -2.15. The third-order valence-electron chi connectivity index (χ3n) is 2.14. The smallest absolute Gasteiger partial charge is 0.161 e. The van der Waals surface area contributed by atoms with Crippen molar-refractivity contribution < 1.29 is 0 Å². The predicted molar refractivity (Wildman–Crippen MR) is 62.9 cm³/mol. The molecule has 80 valence electrons. The van der Waals surface area contributed by atoms with Crippen LogP contribution in [0.3, 0.4) is 0 Å². The molecule has 0 atom stereocenters. The van der Waals surface area contributed by atoms with Crippen LogP contribution in [0, 0.1) is 5.41 Å². The molecule has 0 fully saturated rings. The minimum atomic E-state index is -0.128. The van der Waals surface area contributed by atoms with Crippen LogP contribution in [0.15, 0.2) is 36.5 Å². The number of anilines is 1. The first-order valence-electron chi connectivity index (χ1n) is 4.71. The van der Waals surface area contributed by atoms with E-state index in [9.17, 15) is 0 Å². The van der Waals surface area contributed by atoms with E-state index in [1.807, 2.05) is 30.3 Å².